The van der Waals surface area contributed by atoms with E-state index in [0.717, 1.165) is 6.20 Å². The molecule has 90 valence electrons. The summed E-state index contributed by atoms with van der Waals surface area (Å²) in [5.41, 5.74) is 0.364. The van der Waals surface area contributed by atoms with Gasteiger partial charge >= 0.3 is 6.18 Å². The Morgan fingerprint density at radius 3 is 2.47 bits per heavy atom. The molecule has 0 saturated carbocycles. The highest BCUT2D eigenvalue weighted by Gasteiger charge is 2.35. The maximum absolute atomic E-state index is 12.4. The lowest BCUT2D eigenvalue weighted by atomic mass is 10.3. The van der Waals surface area contributed by atoms with Crippen molar-refractivity contribution < 1.29 is 13.2 Å². The lowest BCUT2D eigenvalue weighted by molar-refractivity contribution is -0.137. The van der Waals surface area contributed by atoms with Crippen LogP contribution in [0.5, 0.6) is 0 Å². The molecule has 0 atom stereocenters. The number of nitrogens with one attached hydrogen (secondary N) is 1. The zero-order valence-electron chi connectivity index (χ0n) is 8.62. The molecular formula is C9H7F3N4S. The second-order valence-corrected chi connectivity index (χ2v) is 4.06. The molecule has 0 unspecified atom stereocenters. The number of halogens is 3. The molecule has 0 aromatic carbocycles. The van der Waals surface area contributed by atoms with E-state index in [9.17, 15) is 13.2 Å². The lowest BCUT2D eigenvalue weighted by Gasteiger charge is -2.03. The number of aromatic nitrogens is 3. The molecule has 17 heavy (non-hydrogen) atoms. The van der Waals surface area contributed by atoms with Crippen molar-refractivity contribution >= 4 is 17.2 Å². The van der Waals surface area contributed by atoms with E-state index in [1.54, 1.807) is 7.05 Å². The van der Waals surface area contributed by atoms with Crippen molar-refractivity contribution in [2.45, 2.75) is 6.18 Å². The second-order valence-electron chi connectivity index (χ2n) is 3.03. The highest BCUT2D eigenvalue weighted by Crippen LogP contribution is 2.36. The monoisotopic (exact) mass is 260 g/mol. The van der Waals surface area contributed by atoms with Gasteiger partial charge in [0.2, 0.25) is 0 Å². The molecule has 0 saturated heterocycles. The lowest BCUT2D eigenvalue weighted by Crippen LogP contribution is -2.02. The van der Waals surface area contributed by atoms with Gasteiger partial charge in [0, 0.05) is 25.6 Å². The van der Waals surface area contributed by atoms with E-state index >= 15 is 0 Å². The maximum atomic E-state index is 12.4. The van der Waals surface area contributed by atoms with Crippen LogP contribution in [-0.4, -0.2) is 22.0 Å². The van der Waals surface area contributed by atoms with E-state index in [1.165, 1.54) is 12.4 Å². The van der Waals surface area contributed by atoms with Gasteiger partial charge in [-0.25, -0.2) is 15.0 Å². The minimum absolute atomic E-state index is 0.328. The van der Waals surface area contributed by atoms with Gasteiger partial charge in [-0.05, 0) is 0 Å². The Morgan fingerprint density at radius 1 is 1.18 bits per heavy atom. The largest absolute Gasteiger partial charge is 0.443 e. The molecule has 8 heteroatoms. The van der Waals surface area contributed by atoms with Crippen LogP contribution in [0.25, 0.3) is 10.6 Å². The third-order valence-corrected chi connectivity index (χ3v) is 2.97. The van der Waals surface area contributed by atoms with Crippen LogP contribution in [0.2, 0.25) is 0 Å². The minimum Gasteiger partial charge on any atom is -0.371 e. The molecule has 0 bridgehead atoms. The van der Waals surface area contributed by atoms with Gasteiger partial charge < -0.3 is 5.32 Å². The minimum atomic E-state index is -4.43. The SMILES string of the molecule is CNc1nccnc1-c1cnc(C(F)(F)F)s1. The zero-order valence-corrected chi connectivity index (χ0v) is 9.43. The molecule has 0 aliphatic carbocycles. The van der Waals surface area contributed by atoms with E-state index in [-0.39, 0.29) is 0 Å². The Hall–Kier alpha value is -1.70. The molecule has 0 aliphatic rings. The fraction of sp³-hybridized carbons (Fsp3) is 0.222. The first-order valence-corrected chi connectivity index (χ1v) is 5.36. The molecule has 2 aromatic rings. The second kappa shape index (κ2) is 4.28. The summed E-state index contributed by atoms with van der Waals surface area (Å²) in [6.45, 7) is 0. The number of thiazole rings is 1. The summed E-state index contributed by atoms with van der Waals surface area (Å²) in [5.74, 6) is 0.421. The summed E-state index contributed by atoms with van der Waals surface area (Å²) in [7, 11) is 1.62. The number of rotatable bonds is 2. The third kappa shape index (κ3) is 2.36. The average molecular weight is 260 g/mol. The Balaban J connectivity index is 2.44. The number of nitrogens with zero attached hydrogens (tertiary/aromatic N) is 3. The average Bonchev–Trinajstić information content (AvgIpc) is 2.77. The van der Waals surface area contributed by atoms with Crippen LogP contribution < -0.4 is 5.32 Å². The van der Waals surface area contributed by atoms with Crippen LogP contribution in [0.3, 0.4) is 0 Å². The summed E-state index contributed by atoms with van der Waals surface area (Å²) in [4.78, 5) is 11.6. The Labute approximate surface area is 98.6 Å². The van der Waals surface area contributed by atoms with E-state index in [4.69, 9.17) is 0 Å². The number of hydrogen-bond donors (Lipinski definition) is 1. The molecule has 0 spiro atoms. The predicted octanol–water partition coefficient (Wildman–Crippen LogP) is 2.66. The number of anilines is 1. The van der Waals surface area contributed by atoms with Crippen LogP contribution in [0.1, 0.15) is 5.01 Å². The smallest absolute Gasteiger partial charge is 0.371 e. The molecule has 0 amide bonds. The predicted molar refractivity (Wildman–Crippen MR) is 57.7 cm³/mol. The zero-order chi connectivity index (χ0) is 12.5. The first kappa shape index (κ1) is 11.8. The van der Waals surface area contributed by atoms with Gasteiger partial charge in [-0.15, -0.1) is 11.3 Å². The van der Waals surface area contributed by atoms with E-state index < -0.39 is 11.2 Å². The summed E-state index contributed by atoms with van der Waals surface area (Å²) >= 11 is 0.544. The van der Waals surface area contributed by atoms with E-state index in [1.807, 2.05) is 0 Å². The third-order valence-electron chi connectivity index (χ3n) is 1.92. The molecular weight excluding hydrogens is 253 g/mol. The van der Waals surface area contributed by atoms with Crippen molar-refractivity contribution in [3.63, 3.8) is 0 Å². The molecule has 0 radical (unpaired) electrons. The first-order chi connectivity index (χ1) is 8.02. The summed E-state index contributed by atoms with van der Waals surface area (Å²) < 4.78 is 37.2. The van der Waals surface area contributed by atoms with Crippen LogP contribution in [0.4, 0.5) is 19.0 Å². The van der Waals surface area contributed by atoms with Gasteiger partial charge in [-0.3, -0.25) is 0 Å². The molecule has 2 heterocycles. The molecule has 2 aromatic heterocycles. The highest BCUT2D eigenvalue weighted by atomic mass is 32.1. The molecule has 1 N–H and O–H groups in total. The fourth-order valence-electron chi connectivity index (χ4n) is 1.22. The van der Waals surface area contributed by atoms with Crippen molar-refractivity contribution in [3.8, 4) is 10.6 Å². The van der Waals surface area contributed by atoms with Crippen molar-refractivity contribution in [2.24, 2.45) is 0 Å². The highest BCUT2D eigenvalue weighted by molar-refractivity contribution is 7.15. The normalized spacial score (nSPS) is 11.5. The summed E-state index contributed by atoms with van der Waals surface area (Å²) in [5, 5.41) is 1.88. The molecule has 4 nitrogen and oxygen atoms in total. The van der Waals surface area contributed by atoms with Crippen LogP contribution >= 0.6 is 11.3 Å². The number of alkyl halides is 3. The Bertz CT molecular complexity index is 523. The van der Waals surface area contributed by atoms with Crippen molar-refractivity contribution in [3.05, 3.63) is 23.6 Å². The van der Waals surface area contributed by atoms with Gasteiger partial charge in [-0.2, -0.15) is 13.2 Å². The van der Waals surface area contributed by atoms with Gasteiger partial charge in [-0.1, -0.05) is 0 Å². The van der Waals surface area contributed by atoms with Gasteiger partial charge in [0.15, 0.2) is 10.8 Å². The molecule has 0 aliphatic heterocycles. The van der Waals surface area contributed by atoms with Crippen molar-refractivity contribution in [2.75, 3.05) is 12.4 Å². The first-order valence-electron chi connectivity index (χ1n) is 4.54. The molecule has 2 rings (SSSR count). The van der Waals surface area contributed by atoms with Crippen LogP contribution in [0, 0.1) is 0 Å². The summed E-state index contributed by atoms with van der Waals surface area (Å²) in [6.07, 6.45) is -0.395. The van der Waals surface area contributed by atoms with Crippen LogP contribution in [-0.2, 0) is 6.18 Å². The Kier molecular flexibility index (Phi) is 2.97. The number of hydrogen-bond acceptors (Lipinski definition) is 5. The summed E-state index contributed by atoms with van der Waals surface area (Å²) in [6, 6.07) is 0. The van der Waals surface area contributed by atoms with Crippen molar-refractivity contribution in [1.82, 2.24) is 15.0 Å². The van der Waals surface area contributed by atoms with Gasteiger partial charge in [0.1, 0.15) is 5.69 Å². The van der Waals surface area contributed by atoms with Crippen molar-refractivity contribution in [1.29, 1.82) is 0 Å². The standard InChI is InChI=1S/C9H7F3N4S/c1-13-7-6(14-2-3-15-7)5-4-16-8(17-5)9(10,11)12/h2-4H,1H3,(H,13,15). The fourth-order valence-corrected chi connectivity index (χ4v) is 2.00. The maximum Gasteiger partial charge on any atom is 0.443 e. The van der Waals surface area contributed by atoms with E-state index in [0.29, 0.717) is 27.7 Å². The van der Waals surface area contributed by atoms with Gasteiger partial charge in [0.05, 0.1) is 4.88 Å². The Morgan fingerprint density at radius 2 is 1.88 bits per heavy atom. The van der Waals surface area contributed by atoms with E-state index in [2.05, 4.69) is 20.3 Å². The quantitative estimate of drug-likeness (QED) is 0.901. The topological polar surface area (TPSA) is 50.7 Å². The van der Waals surface area contributed by atoms with Gasteiger partial charge in [0.25, 0.3) is 0 Å². The van der Waals surface area contributed by atoms with Crippen LogP contribution in [0.15, 0.2) is 18.6 Å². The molecule has 0 fully saturated rings.